The quantitative estimate of drug-likeness (QED) is 0.312. The first-order valence-corrected chi connectivity index (χ1v) is 10.9. The van der Waals surface area contributed by atoms with Gasteiger partial charge in [-0.25, -0.2) is 4.98 Å². The predicted octanol–water partition coefficient (Wildman–Crippen LogP) is 7.21. The summed E-state index contributed by atoms with van der Waals surface area (Å²) < 4.78 is 40.8. The Balaban J connectivity index is 1.55. The molecule has 0 aliphatic rings. The van der Waals surface area contributed by atoms with Crippen LogP contribution < -0.4 is 10.1 Å². The van der Waals surface area contributed by atoms with E-state index in [1.165, 1.54) is 23.5 Å². The number of carbonyl (C=O) groups is 1. The second-order valence-corrected chi connectivity index (χ2v) is 8.48. The van der Waals surface area contributed by atoms with Crippen LogP contribution in [-0.2, 0) is 11.2 Å². The van der Waals surface area contributed by atoms with Gasteiger partial charge in [0, 0.05) is 26.7 Å². The number of amides is 1. The molecule has 0 spiro atoms. The normalized spacial score (nSPS) is 11.3. The van der Waals surface area contributed by atoms with Crippen LogP contribution in [0.5, 0.6) is 5.75 Å². The van der Waals surface area contributed by atoms with Gasteiger partial charge in [-0.05, 0) is 36.4 Å². The Morgan fingerprint density at radius 3 is 2.24 bits per heavy atom. The summed E-state index contributed by atoms with van der Waals surface area (Å²) >= 11 is 7.39. The number of anilines is 1. The highest BCUT2D eigenvalue weighted by Gasteiger charge is 2.31. The summed E-state index contributed by atoms with van der Waals surface area (Å²) in [4.78, 5) is 18.2. The van der Waals surface area contributed by atoms with Gasteiger partial charge in [-0.3, -0.25) is 4.79 Å². The van der Waals surface area contributed by atoms with Gasteiger partial charge < -0.3 is 10.1 Å². The third-order valence-corrected chi connectivity index (χ3v) is 5.88. The number of alkyl halides is 3. The average Bonchev–Trinajstić information content (AvgIpc) is 3.19. The topological polar surface area (TPSA) is 51.2 Å². The minimum Gasteiger partial charge on any atom is -0.406 e. The fraction of sp³-hybridized carbons (Fsp3) is 0.0833. The van der Waals surface area contributed by atoms with E-state index in [0.29, 0.717) is 16.4 Å². The van der Waals surface area contributed by atoms with Crippen LogP contribution in [0.3, 0.4) is 0 Å². The van der Waals surface area contributed by atoms with Gasteiger partial charge in [0.05, 0.1) is 12.1 Å². The first-order valence-electron chi connectivity index (χ1n) is 9.73. The van der Waals surface area contributed by atoms with Crippen molar-refractivity contribution < 1.29 is 22.7 Å². The highest BCUT2D eigenvalue weighted by molar-refractivity contribution is 7.15. The number of rotatable bonds is 6. The Kier molecular flexibility index (Phi) is 6.67. The summed E-state index contributed by atoms with van der Waals surface area (Å²) in [5.74, 6) is -0.676. The molecule has 0 aliphatic carbocycles. The van der Waals surface area contributed by atoms with Crippen LogP contribution in [0.15, 0.2) is 78.9 Å². The smallest absolute Gasteiger partial charge is 0.406 e. The van der Waals surface area contributed by atoms with Crippen molar-refractivity contribution in [3.63, 3.8) is 0 Å². The number of carbonyl (C=O) groups excluding carboxylic acids is 1. The summed E-state index contributed by atoms with van der Waals surface area (Å²) in [6.07, 6.45) is -4.72. The number of ether oxygens (including phenoxy) is 1. The van der Waals surface area contributed by atoms with Crippen LogP contribution in [0.25, 0.3) is 21.8 Å². The van der Waals surface area contributed by atoms with Crippen molar-refractivity contribution in [2.45, 2.75) is 12.8 Å². The third-order valence-electron chi connectivity index (χ3n) is 4.53. The second-order valence-electron chi connectivity index (χ2n) is 6.96. The van der Waals surface area contributed by atoms with Gasteiger partial charge in [-0.15, -0.1) is 24.5 Å². The van der Waals surface area contributed by atoms with Gasteiger partial charge in [-0.2, -0.15) is 0 Å². The summed E-state index contributed by atoms with van der Waals surface area (Å²) in [7, 11) is 0. The molecule has 4 rings (SSSR count). The standard InChI is InChI=1S/C24H16ClF3N2O2S/c25-17-8-6-16(7-9-17)23-30-22(15-4-2-1-3-5-15)20(33-23)14-21(31)29-18-10-12-19(13-11-18)32-24(26,27)28/h1-13H,14H2,(H,29,31). The summed E-state index contributed by atoms with van der Waals surface area (Å²) in [6, 6.07) is 21.8. The molecule has 1 amide bonds. The maximum atomic E-state index is 12.7. The number of nitrogens with one attached hydrogen (secondary N) is 1. The number of aromatic nitrogens is 1. The van der Waals surface area contributed by atoms with Gasteiger partial charge in [0.1, 0.15) is 10.8 Å². The Morgan fingerprint density at radius 1 is 0.939 bits per heavy atom. The van der Waals surface area contributed by atoms with E-state index < -0.39 is 6.36 Å². The molecule has 1 N–H and O–H groups in total. The van der Waals surface area contributed by atoms with Crippen LogP contribution >= 0.6 is 22.9 Å². The van der Waals surface area contributed by atoms with Crippen LogP contribution in [0.2, 0.25) is 5.02 Å². The lowest BCUT2D eigenvalue weighted by molar-refractivity contribution is -0.274. The molecule has 0 radical (unpaired) electrons. The third kappa shape index (κ3) is 6.12. The lowest BCUT2D eigenvalue weighted by Gasteiger charge is -2.10. The zero-order chi connectivity index (χ0) is 23.4. The average molecular weight is 489 g/mol. The van der Waals surface area contributed by atoms with Gasteiger partial charge in [0.15, 0.2) is 0 Å². The number of nitrogens with zero attached hydrogens (tertiary/aromatic N) is 1. The number of benzene rings is 3. The molecular formula is C24H16ClF3N2O2S. The highest BCUT2D eigenvalue weighted by Crippen LogP contribution is 2.35. The maximum absolute atomic E-state index is 12.7. The molecule has 168 valence electrons. The molecule has 0 fully saturated rings. The van der Waals surface area contributed by atoms with Crippen molar-refractivity contribution in [3.8, 4) is 27.6 Å². The van der Waals surface area contributed by atoms with E-state index in [1.54, 1.807) is 12.1 Å². The van der Waals surface area contributed by atoms with Gasteiger partial charge in [0.25, 0.3) is 0 Å². The van der Waals surface area contributed by atoms with E-state index in [-0.39, 0.29) is 18.1 Å². The number of hydrogen-bond donors (Lipinski definition) is 1. The molecule has 0 unspecified atom stereocenters. The largest absolute Gasteiger partial charge is 0.573 e. The molecule has 3 aromatic carbocycles. The van der Waals surface area contributed by atoms with E-state index in [4.69, 9.17) is 16.6 Å². The van der Waals surface area contributed by atoms with Gasteiger partial charge >= 0.3 is 6.36 Å². The minimum atomic E-state index is -4.77. The summed E-state index contributed by atoms with van der Waals surface area (Å²) in [5, 5.41) is 4.07. The van der Waals surface area contributed by atoms with E-state index in [2.05, 4.69) is 10.1 Å². The first kappa shape index (κ1) is 22.8. The fourth-order valence-electron chi connectivity index (χ4n) is 3.10. The minimum absolute atomic E-state index is 0.0519. The lowest BCUT2D eigenvalue weighted by atomic mass is 10.1. The summed E-state index contributed by atoms with van der Waals surface area (Å²) in [5.41, 5.74) is 2.83. The molecule has 0 aliphatic heterocycles. The highest BCUT2D eigenvalue weighted by atomic mass is 35.5. The molecule has 9 heteroatoms. The van der Waals surface area contributed by atoms with Crippen molar-refractivity contribution in [2.75, 3.05) is 5.32 Å². The van der Waals surface area contributed by atoms with E-state index in [9.17, 15) is 18.0 Å². The second kappa shape index (κ2) is 9.64. The van der Waals surface area contributed by atoms with Crippen molar-refractivity contribution in [3.05, 3.63) is 88.8 Å². The van der Waals surface area contributed by atoms with Crippen molar-refractivity contribution >= 4 is 34.5 Å². The number of thiazole rings is 1. The van der Waals surface area contributed by atoms with Gasteiger partial charge in [-0.1, -0.05) is 54.1 Å². The van der Waals surface area contributed by atoms with Crippen molar-refractivity contribution in [1.29, 1.82) is 0 Å². The van der Waals surface area contributed by atoms with Crippen LogP contribution in [0, 0.1) is 0 Å². The fourth-order valence-corrected chi connectivity index (χ4v) is 4.31. The number of halogens is 4. The summed E-state index contributed by atoms with van der Waals surface area (Å²) in [6.45, 7) is 0. The zero-order valence-corrected chi connectivity index (χ0v) is 18.5. The molecule has 1 heterocycles. The maximum Gasteiger partial charge on any atom is 0.573 e. The lowest BCUT2D eigenvalue weighted by Crippen LogP contribution is -2.17. The Morgan fingerprint density at radius 2 is 1.61 bits per heavy atom. The van der Waals surface area contributed by atoms with Crippen LogP contribution in [0.1, 0.15) is 4.88 Å². The molecule has 1 aromatic heterocycles. The molecule has 33 heavy (non-hydrogen) atoms. The Labute approximate surface area is 196 Å². The Hall–Kier alpha value is -3.36. The predicted molar refractivity (Wildman–Crippen MR) is 123 cm³/mol. The van der Waals surface area contributed by atoms with Gasteiger partial charge in [0.2, 0.25) is 5.91 Å². The molecule has 0 bridgehead atoms. The SMILES string of the molecule is O=C(Cc1sc(-c2ccc(Cl)cc2)nc1-c1ccccc1)Nc1ccc(OC(F)(F)F)cc1. The van der Waals surface area contributed by atoms with Crippen molar-refractivity contribution in [2.24, 2.45) is 0 Å². The molecular weight excluding hydrogens is 473 g/mol. The monoisotopic (exact) mass is 488 g/mol. The molecule has 0 atom stereocenters. The van der Waals surface area contributed by atoms with E-state index in [1.807, 2.05) is 42.5 Å². The van der Waals surface area contributed by atoms with E-state index in [0.717, 1.165) is 33.1 Å². The van der Waals surface area contributed by atoms with Crippen LogP contribution in [-0.4, -0.2) is 17.3 Å². The molecule has 0 saturated heterocycles. The van der Waals surface area contributed by atoms with Crippen molar-refractivity contribution in [1.82, 2.24) is 4.98 Å². The Bertz CT molecular complexity index is 1240. The van der Waals surface area contributed by atoms with Crippen LogP contribution in [0.4, 0.5) is 18.9 Å². The molecule has 0 saturated carbocycles. The first-order chi connectivity index (χ1) is 15.8. The number of hydrogen-bond acceptors (Lipinski definition) is 4. The van der Waals surface area contributed by atoms with E-state index >= 15 is 0 Å². The molecule has 4 aromatic rings. The zero-order valence-electron chi connectivity index (χ0n) is 16.9. The molecule has 4 nitrogen and oxygen atoms in total.